The monoisotopic (exact) mass is 319 g/mol. The lowest BCUT2D eigenvalue weighted by molar-refractivity contribution is 0.416. The number of hydrogen-bond acceptors (Lipinski definition) is 3. The third-order valence-corrected chi connectivity index (χ3v) is 5.29. The Bertz CT molecular complexity index is 668. The molecule has 1 saturated heterocycles. The molecule has 1 aliphatic heterocycles. The number of imidazole rings is 1. The van der Waals surface area contributed by atoms with Gasteiger partial charge in [-0.1, -0.05) is 0 Å². The Morgan fingerprint density at radius 2 is 2.19 bits per heavy atom. The number of hydrogen-bond donors (Lipinski definition) is 0. The molecule has 1 aromatic carbocycles. The number of halogens is 1. The number of fused-ring (bicyclic) bond motifs is 1. The van der Waals surface area contributed by atoms with E-state index >= 15 is 0 Å². The molecular formula is C16H18ClN3S. The molecule has 0 aliphatic carbocycles. The van der Waals surface area contributed by atoms with E-state index in [0.717, 1.165) is 29.8 Å². The van der Waals surface area contributed by atoms with Crippen molar-refractivity contribution >= 4 is 34.4 Å². The number of aromatic nitrogens is 2. The zero-order valence-electron chi connectivity index (χ0n) is 11.9. The fraction of sp³-hybridized carbons (Fsp3) is 0.500. The highest BCUT2D eigenvalue weighted by Crippen LogP contribution is 2.27. The van der Waals surface area contributed by atoms with Crippen LogP contribution in [0, 0.1) is 17.2 Å². The van der Waals surface area contributed by atoms with Crippen molar-refractivity contribution in [3.8, 4) is 6.07 Å². The van der Waals surface area contributed by atoms with Crippen LogP contribution in [0.3, 0.4) is 0 Å². The second-order valence-corrected chi connectivity index (χ2v) is 7.05. The number of benzene rings is 1. The van der Waals surface area contributed by atoms with Gasteiger partial charge in [-0.05, 0) is 48.5 Å². The van der Waals surface area contributed by atoms with E-state index in [9.17, 15) is 0 Å². The molecule has 3 nitrogen and oxygen atoms in total. The summed E-state index contributed by atoms with van der Waals surface area (Å²) in [4.78, 5) is 4.71. The van der Waals surface area contributed by atoms with Crippen molar-refractivity contribution in [2.45, 2.75) is 25.8 Å². The van der Waals surface area contributed by atoms with E-state index in [1.165, 1.54) is 24.3 Å². The average Bonchev–Trinajstić information content (AvgIpc) is 2.86. The minimum Gasteiger partial charge on any atom is -0.328 e. The van der Waals surface area contributed by atoms with Gasteiger partial charge in [0.25, 0.3) is 0 Å². The second-order valence-electron chi connectivity index (χ2n) is 5.45. The van der Waals surface area contributed by atoms with Crippen LogP contribution in [0.4, 0.5) is 0 Å². The first kappa shape index (κ1) is 14.7. The minimum atomic E-state index is 0.578. The topological polar surface area (TPSA) is 41.6 Å². The molecule has 2 heterocycles. The van der Waals surface area contributed by atoms with E-state index in [4.69, 9.17) is 21.8 Å². The molecule has 0 unspecified atom stereocenters. The Morgan fingerprint density at radius 1 is 1.38 bits per heavy atom. The molecule has 0 atom stereocenters. The van der Waals surface area contributed by atoms with Crippen LogP contribution < -0.4 is 0 Å². The van der Waals surface area contributed by atoms with Gasteiger partial charge in [0.2, 0.25) is 0 Å². The van der Waals surface area contributed by atoms with Crippen molar-refractivity contribution < 1.29 is 0 Å². The van der Waals surface area contributed by atoms with Crippen LogP contribution in [0.5, 0.6) is 0 Å². The van der Waals surface area contributed by atoms with E-state index in [1.807, 2.05) is 30.0 Å². The van der Waals surface area contributed by atoms with Crippen LogP contribution in [-0.4, -0.2) is 26.9 Å². The van der Waals surface area contributed by atoms with Crippen molar-refractivity contribution in [1.29, 1.82) is 5.26 Å². The Morgan fingerprint density at radius 3 is 2.90 bits per heavy atom. The first-order valence-electron chi connectivity index (χ1n) is 7.35. The first-order valence-corrected chi connectivity index (χ1v) is 9.03. The summed E-state index contributed by atoms with van der Waals surface area (Å²) in [5.41, 5.74) is 2.74. The maximum Gasteiger partial charge on any atom is 0.111 e. The van der Waals surface area contributed by atoms with Crippen LogP contribution in [-0.2, 0) is 13.0 Å². The van der Waals surface area contributed by atoms with Crippen molar-refractivity contribution in [1.82, 2.24) is 9.55 Å². The lowest BCUT2D eigenvalue weighted by Gasteiger charge is -2.23. The van der Waals surface area contributed by atoms with Gasteiger partial charge >= 0.3 is 0 Å². The fourth-order valence-corrected chi connectivity index (χ4v) is 4.28. The van der Waals surface area contributed by atoms with E-state index in [0.29, 0.717) is 17.4 Å². The van der Waals surface area contributed by atoms with E-state index in [1.54, 1.807) is 0 Å². The largest absolute Gasteiger partial charge is 0.328 e. The standard InChI is InChI=1S/C16H18ClN3S/c17-6-3-16-19-14-2-1-13(10-18)9-15(14)20(16)11-12-4-7-21-8-5-12/h1-2,9,12H,3-8,11H2. The lowest BCUT2D eigenvalue weighted by Crippen LogP contribution is -2.18. The molecule has 0 N–H and O–H groups in total. The minimum absolute atomic E-state index is 0.578. The predicted molar refractivity (Wildman–Crippen MR) is 88.9 cm³/mol. The van der Waals surface area contributed by atoms with Gasteiger partial charge in [-0.2, -0.15) is 17.0 Å². The van der Waals surface area contributed by atoms with Crippen LogP contribution in [0.2, 0.25) is 0 Å². The van der Waals surface area contributed by atoms with E-state index in [-0.39, 0.29) is 0 Å². The number of aryl methyl sites for hydroxylation is 1. The summed E-state index contributed by atoms with van der Waals surface area (Å²) in [5, 5.41) is 9.12. The van der Waals surface area contributed by atoms with Crippen LogP contribution in [0.15, 0.2) is 18.2 Å². The second kappa shape index (κ2) is 6.72. The Labute approximate surface area is 134 Å². The predicted octanol–water partition coefficient (Wildman–Crippen LogP) is 3.83. The van der Waals surface area contributed by atoms with Gasteiger partial charge in [0.15, 0.2) is 0 Å². The molecule has 1 aromatic heterocycles. The highest BCUT2D eigenvalue weighted by atomic mass is 35.5. The van der Waals surface area contributed by atoms with Crippen LogP contribution >= 0.6 is 23.4 Å². The zero-order valence-corrected chi connectivity index (χ0v) is 13.5. The Hall–Kier alpha value is -1.18. The molecule has 0 radical (unpaired) electrons. The van der Waals surface area contributed by atoms with Crippen LogP contribution in [0.1, 0.15) is 24.2 Å². The molecule has 0 amide bonds. The molecule has 1 fully saturated rings. The normalized spacial score (nSPS) is 16.2. The van der Waals surface area contributed by atoms with E-state index < -0.39 is 0 Å². The van der Waals surface area contributed by atoms with Gasteiger partial charge in [-0.15, -0.1) is 11.6 Å². The zero-order chi connectivity index (χ0) is 14.7. The molecule has 110 valence electrons. The third-order valence-electron chi connectivity index (χ3n) is 4.06. The molecule has 21 heavy (non-hydrogen) atoms. The summed E-state index contributed by atoms with van der Waals surface area (Å²) in [6.45, 7) is 0.998. The molecule has 0 spiro atoms. The SMILES string of the molecule is N#Cc1ccc2nc(CCCl)n(CC3CCSCC3)c2c1. The summed E-state index contributed by atoms with van der Waals surface area (Å²) in [6.07, 6.45) is 3.31. The maximum absolute atomic E-state index is 9.12. The molecule has 2 aromatic rings. The smallest absolute Gasteiger partial charge is 0.111 e. The van der Waals surface area contributed by atoms with Crippen LogP contribution in [0.25, 0.3) is 11.0 Å². The van der Waals surface area contributed by atoms with Crippen molar-refractivity contribution in [3.63, 3.8) is 0 Å². The summed E-state index contributed by atoms with van der Waals surface area (Å²) in [6, 6.07) is 7.95. The van der Waals surface area contributed by atoms with Gasteiger partial charge in [0.05, 0.1) is 22.7 Å². The molecule has 3 rings (SSSR count). The fourth-order valence-electron chi connectivity index (χ4n) is 2.91. The van der Waals surface area contributed by atoms with Gasteiger partial charge < -0.3 is 4.57 Å². The average molecular weight is 320 g/mol. The Balaban J connectivity index is 1.99. The third kappa shape index (κ3) is 3.20. The Kier molecular flexibility index (Phi) is 4.72. The van der Waals surface area contributed by atoms with Crippen molar-refractivity contribution in [3.05, 3.63) is 29.6 Å². The summed E-state index contributed by atoms with van der Waals surface area (Å²) >= 11 is 7.97. The van der Waals surface area contributed by atoms with Crippen molar-refractivity contribution in [2.75, 3.05) is 17.4 Å². The van der Waals surface area contributed by atoms with Gasteiger partial charge in [-0.3, -0.25) is 0 Å². The molecule has 0 bridgehead atoms. The summed E-state index contributed by atoms with van der Waals surface area (Å²) < 4.78 is 2.29. The summed E-state index contributed by atoms with van der Waals surface area (Å²) in [5.74, 6) is 4.85. The highest BCUT2D eigenvalue weighted by molar-refractivity contribution is 7.99. The van der Waals surface area contributed by atoms with Gasteiger partial charge in [-0.25, -0.2) is 4.98 Å². The number of nitrogens with zero attached hydrogens (tertiary/aromatic N) is 3. The number of thioether (sulfide) groups is 1. The summed E-state index contributed by atoms with van der Waals surface area (Å²) in [7, 11) is 0. The van der Waals surface area contributed by atoms with Crippen molar-refractivity contribution in [2.24, 2.45) is 5.92 Å². The van der Waals surface area contributed by atoms with Gasteiger partial charge in [0.1, 0.15) is 5.82 Å². The quantitative estimate of drug-likeness (QED) is 0.804. The highest BCUT2D eigenvalue weighted by Gasteiger charge is 2.18. The van der Waals surface area contributed by atoms with Gasteiger partial charge in [0, 0.05) is 18.8 Å². The number of alkyl halides is 1. The molecular weight excluding hydrogens is 302 g/mol. The molecule has 1 aliphatic rings. The lowest BCUT2D eigenvalue weighted by atomic mass is 10.0. The number of rotatable bonds is 4. The first-order chi connectivity index (χ1) is 10.3. The number of nitriles is 1. The van der Waals surface area contributed by atoms with E-state index in [2.05, 4.69) is 10.6 Å². The molecule has 5 heteroatoms. The maximum atomic E-state index is 9.12. The molecule has 0 saturated carbocycles.